The van der Waals surface area contributed by atoms with Gasteiger partial charge in [0.15, 0.2) is 4.33 Å². The van der Waals surface area contributed by atoms with Crippen molar-refractivity contribution in [3.05, 3.63) is 22.9 Å². The van der Waals surface area contributed by atoms with E-state index in [2.05, 4.69) is 0 Å². The summed E-state index contributed by atoms with van der Waals surface area (Å²) in [5, 5.41) is 0.386. The number of hydrogen-bond acceptors (Lipinski definition) is 0. The van der Waals surface area contributed by atoms with Crippen molar-refractivity contribution in [2.45, 2.75) is 14.1 Å². The van der Waals surface area contributed by atoms with Gasteiger partial charge in [0.25, 0.3) is 0 Å². The number of rotatable bonds is 0. The Labute approximate surface area is 106 Å². The van der Waals surface area contributed by atoms with Crippen LogP contribution in [0.4, 0.5) is 0 Å². The smallest absolute Gasteiger partial charge is 0.109 e. The highest BCUT2D eigenvalue weighted by atomic mass is 35.5. The first kappa shape index (κ1) is 11.0. The zero-order valence-electron chi connectivity index (χ0n) is 5.92. The first-order chi connectivity index (χ1) is 5.77. The van der Waals surface area contributed by atoms with Crippen molar-refractivity contribution in [2.75, 3.05) is 0 Å². The van der Waals surface area contributed by atoms with Gasteiger partial charge in [-0.3, -0.25) is 0 Å². The molecular weight excluding hydrogens is 297 g/mol. The molecule has 0 aromatic rings. The average molecular weight is 299 g/mol. The lowest BCUT2D eigenvalue weighted by Gasteiger charge is -2.30. The minimum absolute atomic E-state index is 0.193. The molecule has 0 aromatic carbocycles. The molecule has 1 fully saturated rings. The van der Waals surface area contributed by atoms with Gasteiger partial charge in [-0.25, -0.2) is 0 Å². The Hall–Kier alpha value is 1.48. The minimum Gasteiger partial charge on any atom is -0.109 e. The van der Waals surface area contributed by atoms with Crippen molar-refractivity contribution in [2.24, 2.45) is 0 Å². The molecule has 0 spiro atoms. The Morgan fingerprint density at radius 3 is 1.23 bits per heavy atom. The summed E-state index contributed by atoms with van der Waals surface area (Å²) in [7, 11) is 0. The van der Waals surface area contributed by atoms with Gasteiger partial charge in [0.05, 0.1) is 10.1 Å². The van der Waals surface area contributed by atoms with Crippen molar-refractivity contribution < 1.29 is 0 Å². The minimum atomic E-state index is -1.43. The highest BCUT2D eigenvalue weighted by Crippen LogP contribution is 2.71. The molecule has 2 aliphatic carbocycles. The molecule has 0 saturated heterocycles. The van der Waals surface area contributed by atoms with Gasteiger partial charge in [-0.15, -0.1) is 23.2 Å². The third kappa shape index (κ3) is 0.984. The van der Waals surface area contributed by atoms with E-state index < -0.39 is 14.1 Å². The average Bonchev–Trinajstić information content (AvgIpc) is 2.28. The van der Waals surface area contributed by atoms with Crippen LogP contribution in [0.1, 0.15) is 0 Å². The van der Waals surface area contributed by atoms with Crippen molar-refractivity contribution in [1.82, 2.24) is 0 Å². The second-order valence-corrected chi connectivity index (χ2v) is 6.23. The second-order valence-electron chi connectivity index (χ2n) is 2.96. The summed E-state index contributed by atoms with van der Waals surface area (Å²) in [6.07, 6.45) is 3.13. The van der Waals surface area contributed by atoms with Crippen molar-refractivity contribution in [3.8, 4) is 0 Å². The van der Waals surface area contributed by atoms with E-state index in [1.165, 1.54) is 0 Å². The summed E-state index contributed by atoms with van der Waals surface area (Å²) in [6, 6.07) is 0. The molecule has 2 bridgehead atoms. The van der Waals surface area contributed by atoms with Gasteiger partial charge in [0.1, 0.15) is 9.75 Å². The van der Waals surface area contributed by atoms with Gasteiger partial charge in [-0.2, -0.15) is 0 Å². The summed E-state index contributed by atoms with van der Waals surface area (Å²) >= 11 is 36.1. The second kappa shape index (κ2) is 2.78. The van der Waals surface area contributed by atoms with E-state index in [1.807, 2.05) is 0 Å². The molecule has 2 radical (unpaired) electrons. The fourth-order valence-corrected chi connectivity index (χ4v) is 3.73. The van der Waals surface area contributed by atoms with Gasteiger partial charge in [0, 0.05) is 0 Å². The lowest BCUT2D eigenvalue weighted by Crippen LogP contribution is -2.42. The molecule has 0 N–H and O–H groups in total. The molecule has 13 heavy (non-hydrogen) atoms. The molecule has 0 aliphatic heterocycles. The maximum atomic E-state index is 6.11. The van der Waals surface area contributed by atoms with Gasteiger partial charge >= 0.3 is 0 Å². The molecule has 6 heteroatoms. The van der Waals surface area contributed by atoms with Crippen LogP contribution in [-0.2, 0) is 0 Å². The third-order valence-corrected chi connectivity index (χ3v) is 6.33. The van der Waals surface area contributed by atoms with Crippen molar-refractivity contribution >= 4 is 69.6 Å². The molecule has 2 aliphatic rings. The number of halogens is 6. The topological polar surface area (TPSA) is 0 Å². The SMILES string of the molecule is ClC1=C(Cl)C2(Cl)[CH][CH]C1(Cl)C2(Cl)Cl. The van der Waals surface area contributed by atoms with E-state index in [1.54, 1.807) is 12.8 Å². The number of allylic oxidation sites excluding steroid dienone is 2. The first-order valence-electron chi connectivity index (χ1n) is 3.29. The van der Waals surface area contributed by atoms with Crippen LogP contribution >= 0.6 is 69.6 Å². The van der Waals surface area contributed by atoms with Crippen LogP contribution in [0.2, 0.25) is 0 Å². The summed E-state index contributed by atoms with van der Waals surface area (Å²) in [5.74, 6) is 0. The summed E-state index contributed by atoms with van der Waals surface area (Å²) in [5.41, 5.74) is 0. The van der Waals surface area contributed by atoms with Gasteiger partial charge in [-0.05, 0) is 12.8 Å². The molecule has 2 rings (SSSR count). The molecule has 2 atom stereocenters. The quantitative estimate of drug-likeness (QED) is 0.587. The van der Waals surface area contributed by atoms with Crippen LogP contribution in [0, 0.1) is 12.8 Å². The summed E-state index contributed by atoms with van der Waals surface area (Å²) in [6.45, 7) is 0. The molecule has 0 heterocycles. The molecular formula is C7H2Cl6. The van der Waals surface area contributed by atoms with Crippen molar-refractivity contribution in [3.63, 3.8) is 0 Å². The first-order valence-corrected chi connectivity index (χ1v) is 5.56. The lowest BCUT2D eigenvalue weighted by atomic mass is 10.1. The number of fused-ring (bicyclic) bond motifs is 2. The monoisotopic (exact) mass is 296 g/mol. The maximum Gasteiger partial charge on any atom is 0.166 e. The molecule has 1 saturated carbocycles. The van der Waals surface area contributed by atoms with Crippen molar-refractivity contribution in [1.29, 1.82) is 0 Å². The van der Waals surface area contributed by atoms with E-state index in [9.17, 15) is 0 Å². The van der Waals surface area contributed by atoms with Gasteiger partial charge < -0.3 is 0 Å². The third-order valence-electron chi connectivity index (χ3n) is 2.29. The van der Waals surface area contributed by atoms with E-state index >= 15 is 0 Å². The predicted molar refractivity (Wildman–Crippen MR) is 58.9 cm³/mol. The lowest BCUT2D eigenvalue weighted by molar-refractivity contribution is 0.719. The molecule has 2 unspecified atom stereocenters. The highest BCUT2D eigenvalue weighted by molar-refractivity contribution is 6.66. The molecule has 0 aromatic heterocycles. The van der Waals surface area contributed by atoms with E-state index in [-0.39, 0.29) is 10.1 Å². The van der Waals surface area contributed by atoms with E-state index in [4.69, 9.17) is 69.6 Å². The Balaban J connectivity index is 2.67. The predicted octanol–water partition coefficient (Wildman–Crippen LogP) is 4.24. The Kier molecular flexibility index (Phi) is 2.35. The van der Waals surface area contributed by atoms with E-state index in [0.29, 0.717) is 0 Å². The maximum absolute atomic E-state index is 6.11. The number of alkyl halides is 4. The normalized spacial score (nSPS) is 47.5. The largest absolute Gasteiger partial charge is 0.166 e. The molecule has 0 nitrogen and oxygen atoms in total. The van der Waals surface area contributed by atoms with Gasteiger partial charge in [-0.1, -0.05) is 46.4 Å². The van der Waals surface area contributed by atoms with Crippen LogP contribution in [0.5, 0.6) is 0 Å². The number of hydrogen-bond donors (Lipinski definition) is 0. The summed E-state index contributed by atoms with van der Waals surface area (Å²) < 4.78 is -1.43. The van der Waals surface area contributed by atoms with Crippen LogP contribution in [0.3, 0.4) is 0 Å². The zero-order valence-corrected chi connectivity index (χ0v) is 10.5. The van der Waals surface area contributed by atoms with Crippen LogP contribution in [0.15, 0.2) is 10.1 Å². The standard InChI is InChI=1S/C7H2Cl6/c8-3-4(9)6(11)2-1-5(3,10)7(6,12)13/h1-2H. The fourth-order valence-electron chi connectivity index (χ4n) is 1.45. The fraction of sp³-hybridized carbons (Fsp3) is 0.429. The Morgan fingerprint density at radius 2 is 1.08 bits per heavy atom. The Bertz CT molecular complexity index is 280. The van der Waals surface area contributed by atoms with Crippen LogP contribution in [-0.4, -0.2) is 14.1 Å². The highest BCUT2D eigenvalue weighted by Gasteiger charge is 2.74. The van der Waals surface area contributed by atoms with Gasteiger partial charge in [0.2, 0.25) is 0 Å². The zero-order chi connectivity index (χ0) is 10.1. The molecule has 72 valence electrons. The Morgan fingerprint density at radius 1 is 0.769 bits per heavy atom. The van der Waals surface area contributed by atoms with Crippen LogP contribution in [0.25, 0.3) is 0 Å². The summed E-state index contributed by atoms with van der Waals surface area (Å²) in [4.78, 5) is -2.40. The molecule has 0 amide bonds. The van der Waals surface area contributed by atoms with Crippen LogP contribution < -0.4 is 0 Å². The van der Waals surface area contributed by atoms with E-state index in [0.717, 1.165) is 0 Å².